The maximum Gasteiger partial charge on any atom is 0.423 e. The maximum absolute atomic E-state index is 13.3. The molecule has 4 rings (SSSR count). The summed E-state index contributed by atoms with van der Waals surface area (Å²) in [5.41, 5.74) is -0.652. The van der Waals surface area contributed by atoms with E-state index in [0.29, 0.717) is 38.0 Å². The zero-order valence-electron chi connectivity index (χ0n) is 20.6. The number of nitrogens with zero attached hydrogens (tertiary/aromatic N) is 4. The fraction of sp³-hybridized carbons (Fsp3) is 0.500. The van der Waals surface area contributed by atoms with Crippen LogP contribution in [0.25, 0.3) is 0 Å². The van der Waals surface area contributed by atoms with Gasteiger partial charge < -0.3 is 15.1 Å². The van der Waals surface area contributed by atoms with Gasteiger partial charge in [-0.3, -0.25) is 19.8 Å². The molecule has 0 radical (unpaired) electrons. The van der Waals surface area contributed by atoms with Gasteiger partial charge >= 0.3 is 6.18 Å². The smallest absolute Gasteiger partial charge is 0.371 e. The standard InChI is InChI=1S/C26H32F3N5O3/c27-26(28,29)23-19-22(8-9-24(23)34(36)37)32-13-10-20(11-14-32)30-25(35)7-4-12-31-15-17-33(18-16-31)21-5-2-1-3-6-21/h1-3,5-6,8-9,19-20H,4,7,10-18H2,(H,30,35). The molecular weight excluding hydrogens is 487 g/mol. The molecule has 2 aliphatic heterocycles. The Balaban J connectivity index is 1.17. The number of para-hydroxylation sites is 1. The highest BCUT2D eigenvalue weighted by Crippen LogP contribution is 2.38. The van der Waals surface area contributed by atoms with E-state index in [2.05, 4.69) is 27.2 Å². The summed E-state index contributed by atoms with van der Waals surface area (Å²) in [5, 5.41) is 14.0. The minimum atomic E-state index is -4.81. The van der Waals surface area contributed by atoms with Crippen molar-refractivity contribution in [2.75, 3.05) is 55.6 Å². The van der Waals surface area contributed by atoms with Crippen molar-refractivity contribution in [3.05, 3.63) is 64.2 Å². The number of hydrogen-bond donors (Lipinski definition) is 1. The average molecular weight is 520 g/mol. The molecule has 2 aromatic rings. The third kappa shape index (κ3) is 7.12. The Bertz CT molecular complexity index is 1070. The fourth-order valence-corrected chi connectivity index (χ4v) is 5.02. The van der Waals surface area contributed by atoms with Crippen molar-refractivity contribution in [2.24, 2.45) is 0 Å². The van der Waals surface area contributed by atoms with Crippen molar-refractivity contribution < 1.29 is 22.9 Å². The molecule has 0 aliphatic carbocycles. The van der Waals surface area contributed by atoms with E-state index >= 15 is 0 Å². The molecule has 1 amide bonds. The van der Waals surface area contributed by atoms with Gasteiger partial charge in [0, 0.05) is 69.2 Å². The molecule has 8 nitrogen and oxygen atoms in total. The van der Waals surface area contributed by atoms with Gasteiger partial charge in [0.2, 0.25) is 5.91 Å². The number of piperidine rings is 1. The summed E-state index contributed by atoms with van der Waals surface area (Å²) in [7, 11) is 0. The number of carbonyl (C=O) groups is 1. The number of halogens is 3. The van der Waals surface area contributed by atoms with Crippen molar-refractivity contribution in [3.8, 4) is 0 Å². The fourth-order valence-electron chi connectivity index (χ4n) is 5.02. The average Bonchev–Trinajstić information content (AvgIpc) is 2.89. The van der Waals surface area contributed by atoms with E-state index in [9.17, 15) is 28.1 Å². The first kappa shape index (κ1) is 26.7. The first-order chi connectivity index (χ1) is 17.7. The predicted octanol–water partition coefficient (Wildman–Crippen LogP) is 4.30. The van der Waals surface area contributed by atoms with Crippen molar-refractivity contribution in [2.45, 2.75) is 37.9 Å². The predicted molar refractivity (Wildman–Crippen MR) is 136 cm³/mol. The molecule has 0 spiro atoms. The van der Waals surface area contributed by atoms with E-state index in [1.165, 1.54) is 11.8 Å². The van der Waals surface area contributed by atoms with Gasteiger partial charge in [0.15, 0.2) is 0 Å². The number of alkyl halides is 3. The quantitative estimate of drug-likeness (QED) is 0.414. The Morgan fingerprint density at radius 3 is 2.22 bits per heavy atom. The van der Waals surface area contributed by atoms with Gasteiger partial charge in [0.1, 0.15) is 5.56 Å². The first-order valence-corrected chi connectivity index (χ1v) is 12.6. The lowest BCUT2D eigenvalue weighted by atomic mass is 10.0. The lowest BCUT2D eigenvalue weighted by molar-refractivity contribution is -0.388. The Morgan fingerprint density at radius 1 is 0.946 bits per heavy atom. The monoisotopic (exact) mass is 519 g/mol. The number of nitro benzene ring substituents is 1. The van der Waals surface area contributed by atoms with Crippen molar-refractivity contribution in [3.63, 3.8) is 0 Å². The molecule has 0 unspecified atom stereocenters. The van der Waals surface area contributed by atoms with E-state index in [4.69, 9.17) is 0 Å². The number of nitro groups is 1. The molecule has 37 heavy (non-hydrogen) atoms. The van der Waals surface area contributed by atoms with E-state index in [1.54, 1.807) is 4.90 Å². The highest BCUT2D eigenvalue weighted by atomic mass is 19.4. The summed E-state index contributed by atoms with van der Waals surface area (Å²) in [4.78, 5) is 28.9. The topological polar surface area (TPSA) is 82.0 Å². The number of benzene rings is 2. The van der Waals surface area contributed by atoms with Gasteiger partial charge in [-0.25, -0.2) is 0 Å². The van der Waals surface area contributed by atoms with Crippen LogP contribution in [-0.4, -0.2) is 67.6 Å². The van der Waals surface area contributed by atoms with Gasteiger partial charge in [-0.05, 0) is 50.1 Å². The summed E-state index contributed by atoms with van der Waals surface area (Å²) >= 11 is 0. The van der Waals surface area contributed by atoms with Crippen LogP contribution >= 0.6 is 0 Å². The van der Waals surface area contributed by atoms with Gasteiger partial charge in [-0.15, -0.1) is 0 Å². The van der Waals surface area contributed by atoms with Gasteiger partial charge in [0.05, 0.1) is 4.92 Å². The van der Waals surface area contributed by atoms with Crippen LogP contribution in [0, 0.1) is 10.1 Å². The molecule has 200 valence electrons. The van der Waals surface area contributed by atoms with Crippen LogP contribution in [-0.2, 0) is 11.0 Å². The van der Waals surface area contributed by atoms with Crippen molar-refractivity contribution in [1.29, 1.82) is 0 Å². The minimum absolute atomic E-state index is 0.00364. The Labute approximate surface area is 214 Å². The van der Waals surface area contributed by atoms with Gasteiger partial charge in [-0.2, -0.15) is 13.2 Å². The molecule has 11 heteroatoms. The molecule has 0 atom stereocenters. The zero-order valence-corrected chi connectivity index (χ0v) is 20.6. The second kappa shape index (κ2) is 11.8. The number of amides is 1. The number of carbonyl (C=O) groups excluding carboxylic acids is 1. The van der Waals surface area contributed by atoms with Crippen molar-refractivity contribution in [1.82, 2.24) is 10.2 Å². The van der Waals surface area contributed by atoms with Crippen LogP contribution in [0.5, 0.6) is 0 Å². The van der Waals surface area contributed by atoms with Crippen LogP contribution in [0.2, 0.25) is 0 Å². The largest absolute Gasteiger partial charge is 0.423 e. The summed E-state index contributed by atoms with van der Waals surface area (Å²) in [6.07, 6.45) is -2.38. The second-order valence-electron chi connectivity index (χ2n) is 9.55. The number of hydrogen-bond acceptors (Lipinski definition) is 6. The van der Waals surface area contributed by atoms with Crippen LogP contribution in [0.4, 0.5) is 30.2 Å². The number of rotatable bonds is 8. The maximum atomic E-state index is 13.3. The molecular formula is C26H32F3N5O3. The van der Waals surface area contributed by atoms with Crippen LogP contribution in [0.3, 0.4) is 0 Å². The Hall–Kier alpha value is -3.34. The molecule has 2 fully saturated rings. The number of nitrogens with one attached hydrogen (secondary N) is 1. The minimum Gasteiger partial charge on any atom is -0.371 e. The van der Waals surface area contributed by atoms with Crippen molar-refractivity contribution >= 4 is 23.0 Å². The van der Waals surface area contributed by atoms with Gasteiger partial charge in [-0.1, -0.05) is 18.2 Å². The summed E-state index contributed by atoms with van der Waals surface area (Å²) in [5.74, 6) is -0.00364. The summed E-state index contributed by atoms with van der Waals surface area (Å²) in [6, 6.07) is 13.4. The van der Waals surface area contributed by atoms with Gasteiger partial charge in [0.25, 0.3) is 5.69 Å². The molecule has 2 aromatic carbocycles. The third-order valence-corrected chi connectivity index (χ3v) is 7.08. The molecule has 2 aliphatic rings. The normalized spacial score (nSPS) is 17.6. The molecule has 0 saturated carbocycles. The number of anilines is 2. The van der Waals surface area contributed by atoms with E-state index in [-0.39, 0.29) is 11.9 Å². The van der Waals surface area contributed by atoms with Crippen LogP contribution < -0.4 is 15.1 Å². The molecule has 1 N–H and O–H groups in total. The van der Waals surface area contributed by atoms with E-state index < -0.39 is 22.4 Å². The van der Waals surface area contributed by atoms with Crippen LogP contribution in [0.1, 0.15) is 31.2 Å². The molecule has 0 aromatic heterocycles. The highest BCUT2D eigenvalue weighted by molar-refractivity contribution is 5.76. The third-order valence-electron chi connectivity index (χ3n) is 7.08. The SMILES string of the molecule is O=C(CCCN1CCN(c2ccccc2)CC1)NC1CCN(c2ccc([N+](=O)[O-])c(C(F)(F)F)c2)CC1. The molecule has 0 bridgehead atoms. The first-order valence-electron chi connectivity index (χ1n) is 12.6. The highest BCUT2D eigenvalue weighted by Gasteiger charge is 2.39. The lowest BCUT2D eigenvalue weighted by Gasteiger charge is -2.36. The molecule has 2 heterocycles. The van der Waals surface area contributed by atoms with E-state index in [0.717, 1.165) is 51.3 Å². The number of piperazine rings is 1. The summed E-state index contributed by atoms with van der Waals surface area (Å²) in [6.45, 7) is 5.66. The summed E-state index contributed by atoms with van der Waals surface area (Å²) < 4.78 is 39.9. The Kier molecular flexibility index (Phi) is 8.52. The zero-order chi connectivity index (χ0) is 26.4. The van der Waals surface area contributed by atoms with E-state index in [1.807, 2.05) is 18.2 Å². The van der Waals surface area contributed by atoms with Crippen LogP contribution in [0.15, 0.2) is 48.5 Å². The Morgan fingerprint density at radius 2 is 1.59 bits per heavy atom. The lowest BCUT2D eigenvalue weighted by Crippen LogP contribution is -2.47. The molecule has 2 saturated heterocycles. The second-order valence-corrected chi connectivity index (χ2v) is 9.55.